The van der Waals surface area contributed by atoms with Crippen LogP contribution in [0.2, 0.25) is 5.02 Å². The van der Waals surface area contributed by atoms with Crippen molar-refractivity contribution in [2.75, 3.05) is 43.9 Å². The van der Waals surface area contributed by atoms with Gasteiger partial charge in [-0.3, -0.25) is 4.90 Å². The Hall–Kier alpha value is -3.43. The molecule has 0 aliphatic carbocycles. The van der Waals surface area contributed by atoms with Crippen molar-refractivity contribution in [1.29, 1.82) is 0 Å². The normalized spacial score (nSPS) is 15.0. The molecule has 0 saturated carbocycles. The molecule has 0 amide bonds. The van der Waals surface area contributed by atoms with Crippen LogP contribution in [0.5, 0.6) is 5.75 Å². The van der Waals surface area contributed by atoms with Gasteiger partial charge in [0.05, 0.1) is 24.2 Å². The second-order valence-electron chi connectivity index (χ2n) is 9.46. The molecule has 0 bridgehead atoms. The van der Waals surface area contributed by atoms with Crippen molar-refractivity contribution in [1.82, 2.24) is 14.9 Å². The molecule has 0 spiro atoms. The second kappa shape index (κ2) is 11.5. The van der Waals surface area contributed by atoms with Crippen molar-refractivity contribution in [2.24, 2.45) is 0 Å². The third-order valence-corrected chi connectivity index (χ3v) is 9.01. The molecule has 4 aromatic rings. The Morgan fingerprint density at radius 1 is 1.11 bits per heavy atom. The Labute approximate surface area is 226 Å². The van der Waals surface area contributed by atoms with E-state index >= 15 is 0 Å². The lowest BCUT2D eigenvalue weighted by atomic mass is 10.1. The molecular weight excluding hydrogens is 522 g/mol. The van der Waals surface area contributed by atoms with E-state index in [2.05, 4.69) is 32.0 Å². The molecule has 1 N–H and O–H groups in total. The maximum Gasteiger partial charge on any atom is 0.141 e. The minimum Gasteiger partial charge on any atom is -0.487 e. The molecule has 1 aliphatic heterocycles. The second-order valence-corrected chi connectivity index (χ2v) is 13.4. The van der Waals surface area contributed by atoms with Gasteiger partial charge in [0.1, 0.15) is 30.3 Å². The maximum absolute atomic E-state index is 13.4. The Kier molecular flexibility index (Phi) is 7.95. The van der Waals surface area contributed by atoms with E-state index in [1.54, 1.807) is 24.3 Å². The monoisotopic (exact) mass is 548 g/mol. The van der Waals surface area contributed by atoms with E-state index in [4.69, 9.17) is 16.3 Å². The summed E-state index contributed by atoms with van der Waals surface area (Å²) in [7, 11) is -1.94. The van der Waals surface area contributed by atoms with Crippen LogP contribution in [0.3, 0.4) is 0 Å². The number of benzene rings is 3. The Balaban J connectivity index is 1.28. The molecule has 194 valence electrons. The van der Waals surface area contributed by atoms with Gasteiger partial charge in [-0.2, -0.15) is 0 Å². The van der Waals surface area contributed by atoms with E-state index in [1.165, 1.54) is 18.5 Å². The first kappa shape index (κ1) is 26.2. The van der Waals surface area contributed by atoms with Crippen LogP contribution in [-0.4, -0.2) is 53.5 Å². The summed E-state index contributed by atoms with van der Waals surface area (Å²) >= 11 is 6.46. The van der Waals surface area contributed by atoms with E-state index in [0.717, 1.165) is 53.1 Å². The lowest BCUT2D eigenvalue weighted by Crippen LogP contribution is -2.34. The van der Waals surface area contributed by atoms with Gasteiger partial charge in [-0.25, -0.2) is 14.4 Å². The van der Waals surface area contributed by atoms with Crippen molar-refractivity contribution < 1.29 is 13.7 Å². The predicted molar refractivity (Wildman–Crippen MR) is 152 cm³/mol. The summed E-state index contributed by atoms with van der Waals surface area (Å²) in [6.07, 6.45) is 3.04. The van der Waals surface area contributed by atoms with Gasteiger partial charge in [-0.05, 0) is 60.8 Å². The molecule has 2 heterocycles. The largest absolute Gasteiger partial charge is 0.487 e. The number of halogens is 2. The quantitative estimate of drug-likeness (QED) is 0.222. The van der Waals surface area contributed by atoms with E-state index in [1.807, 2.05) is 30.9 Å². The lowest BCUT2D eigenvalue weighted by molar-refractivity contribution is 0.306. The minimum atomic E-state index is -1.94. The fraction of sp³-hybridized carbons (Fsp3) is 0.241. The molecular formula is C29H27ClFN4O2P. The molecule has 1 aliphatic rings. The van der Waals surface area contributed by atoms with Gasteiger partial charge in [-0.15, -0.1) is 0 Å². The van der Waals surface area contributed by atoms with Gasteiger partial charge >= 0.3 is 0 Å². The van der Waals surface area contributed by atoms with Crippen molar-refractivity contribution in [3.8, 4) is 17.6 Å². The van der Waals surface area contributed by atoms with Crippen LogP contribution in [-0.2, 0) is 11.2 Å². The number of hydrogen-bond donors (Lipinski definition) is 1. The van der Waals surface area contributed by atoms with Gasteiger partial charge in [0, 0.05) is 42.1 Å². The highest BCUT2D eigenvalue weighted by atomic mass is 35.5. The topological polar surface area (TPSA) is 67.4 Å². The van der Waals surface area contributed by atoms with Crippen LogP contribution in [0.25, 0.3) is 10.9 Å². The summed E-state index contributed by atoms with van der Waals surface area (Å²) in [6, 6.07) is 17.5. The number of anilines is 2. The molecule has 0 unspecified atom stereocenters. The predicted octanol–water partition coefficient (Wildman–Crippen LogP) is 6.40. The number of nitrogens with one attached hydrogen (secondary N) is 1. The van der Waals surface area contributed by atoms with Crippen LogP contribution in [0, 0.1) is 17.7 Å². The van der Waals surface area contributed by atoms with Crippen LogP contribution < -0.4 is 10.1 Å². The van der Waals surface area contributed by atoms with E-state index < -0.39 is 7.14 Å². The Morgan fingerprint density at radius 2 is 1.95 bits per heavy atom. The van der Waals surface area contributed by atoms with Gasteiger partial charge in [0.15, 0.2) is 0 Å². The number of hydrogen-bond acceptors (Lipinski definition) is 6. The molecule has 3 aromatic carbocycles. The van der Waals surface area contributed by atoms with Crippen molar-refractivity contribution in [2.45, 2.75) is 6.61 Å². The van der Waals surface area contributed by atoms with Crippen molar-refractivity contribution in [3.05, 3.63) is 89.0 Å². The van der Waals surface area contributed by atoms with Crippen LogP contribution in [0.15, 0.2) is 67.0 Å². The summed E-state index contributed by atoms with van der Waals surface area (Å²) in [4.78, 5) is 11.1. The highest BCUT2D eigenvalue weighted by Gasteiger charge is 2.23. The van der Waals surface area contributed by atoms with Gasteiger partial charge in [-0.1, -0.05) is 35.6 Å². The molecule has 1 fully saturated rings. The van der Waals surface area contributed by atoms with Crippen LogP contribution in [0.4, 0.5) is 15.9 Å². The van der Waals surface area contributed by atoms with Crippen LogP contribution >= 0.6 is 18.7 Å². The summed E-state index contributed by atoms with van der Waals surface area (Å²) in [6.45, 7) is 4.42. The Bertz CT molecular complexity index is 1570. The minimum absolute atomic E-state index is 0.210. The number of fused-ring (bicyclic) bond motifs is 1. The molecule has 1 saturated heterocycles. The van der Waals surface area contributed by atoms with Crippen LogP contribution in [0.1, 0.15) is 11.1 Å². The SMILES string of the molecule is CP1(=O)CCN(CC#Cc2ccc3ncnc(Nc4ccc(OCc5cccc(F)c5)c(Cl)c4)c3c2)CC1. The van der Waals surface area contributed by atoms with E-state index in [9.17, 15) is 8.96 Å². The number of aromatic nitrogens is 2. The summed E-state index contributed by atoms with van der Waals surface area (Å²) in [5.41, 5.74) is 3.12. The van der Waals surface area contributed by atoms with Gasteiger partial charge in [0.25, 0.3) is 0 Å². The zero-order valence-corrected chi connectivity index (χ0v) is 22.6. The van der Waals surface area contributed by atoms with E-state index in [-0.39, 0.29) is 12.4 Å². The molecule has 6 nitrogen and oxygen atoms in total. The summed E-state index contributed by atoms with van der Waals surface area (Å²) in [5, 5.41) is 4.58. The first-order chi connectivity index (χ1) is 18.3. The average molecular weight is 549 g/mol. The molecule has 9 heteroatoms. The first-order valence-electron chi connectivity index (χ1n) is 12.3. The standard InChI is InChI=1S/C29H27ClFN4O2P/c1-38(36)14-12-35(13-15-38)11-3-5-21-7-9-27-25(17-21)29(33-20-32-27)34-24-8-10-28(26(30)18-24)37-19-22-4-2-6-23(31)16-22/h2,4,6-10,16-18,20H,11-15,19H2,1H3,(H,32,33,34). The fourth-order valence-electron chi connectivity index (χ4n) is 4.20. The summed E-state index contributed by atoms with van der Waals surface area (Å²) in [5.74, 6) is 7.32. The first-order valence-corrected chi connectivity index (χ1v) is 15.2. The number of nitrogens with zero attached hydrogens (tertiary/aromatic N) is 3. The summed E-state index contributed by atoms with van der Waals surface area (Å²) < 4.78 is 31.4. The molecule has 5 rings (SSSR count). The van der Waals surface area contributed by atoms with Crippen molar-refractivity contribution in [3.63, 3.8) is 0 Å². The molecule has 38 heavy (non-hydrogen) atoms. The van der Waals surface area contributed by atoms with Crippen molar-refractivity contribution >= 4 is 41.2 Å². The highest BCUT2D eigenvalue weighted by Crippen LogP contribution is 2.42. The fourth-order valence-corrected chi connectivity index (χ4v) is 6.07. The maximum atomic E-state index is 13.4. The lowest BCUT2D eigenvalue weighted by Gasteiger charge is -2.28. The number of rotatable bonds is 6. The zero-order chi connectivity index (χ0) is 26.5. The average Bonchev–Trinajstić information content (AvgIpc) is 2.89. The number of ether oxygens (including phenoxy) is 1. The molecule has 1 aromatic heterocycles. The molecule has 0 radical (unpaired) electrons. The van der Waals surface area contributed by atoms with Gasteiger partial charge < -0.3 is 14.6 Å². The Morgan fingerprint density at radius 3 is 2.74 bits per heavy atom. The third kappa shape index (κ3) is 6.71. The zero-order valence-electron chi connectivity index (χ0n) is 21.0. The third-order valence-electron chi connectivity index (χ3n) is 6.43. The smallest absolute Gasteiger partial charge is 0.141 e. The van der Waals surface area contributed by atoms with E-state index in [0.29, 0.717) is 23.1 Å². The highest BCUT2D eigenvalue weighted by molar-refractivity contribution is 7.63. The molecule has 0 atom stereocenters. The van der Waals surface area contributed by atoms with Gasteiger partial charge in [0.2, 0.25) is 0 Å².